The predicted octanol–water partition coefficient (Wildman–Crippen LogP) is 0.757. The minimum absolute atomic E-state index is 0.154. The summed E-state index contributed by atoms with van der Waals surface area (Å²) in [6.07, 6.45) is 6.73. The van der Waals surface area contributed by atoms with Gasteiger partial charge in [0.25, 0.3) is 0 Å². The maximum absolute atomic E-state index is 12.2. The van der Waals surface area contributed by atoms with Crippen molar-refractivity contribution >= 4 is 15.7 Å². The van der Waals surface area contributed by atoms with Crippen LogP contribution in [0.4, 0.5) is 5.69 Å². The molecule has 0 aliphatic rings. The Morgan fingerprint density at radius 3 is 2.90 bits per heavy atom. The molecule has 0 unspecified atom stereocenters. The number of H-pyrrole nitrogens is 1. The predicted molar refractivity (Wildman–Crippen MR) is 75.9 cm³/mol. The molecule has 0 aliphatic carbocycles. The number of anilines is 1. The summed E-state index contributed by atoms with van der Waals surface area (Å²) in [5, 5.41) is 3.01. The molecule has 0 amide bonds. The van der Waals surface area contributed by atoms with Crippen LogP contribution < -0.4 is 10.0 Å². The third kappa shape index (κ3) is 3.55. The highest BCUT2D eigenvalue weighted by molar-refractivity contribution is 7.89. The average molecular weight is 295 g/mol. The molecule has 0 atom stereocenters. The van der Waals surface area contributed by atoms with Crippen molar-refractivity contribution in [1.82, 2.24) is 19.7 Å². The molecule has 0 aliphatic heterocycles. The van der Waals surface area contributed by atoms with Crippen LogP contribution in [0.2, 0.25) is 0 Å². The first-order valence-corrected chi connectivity index (χ1v) is 7.77. The maximum atomic E-state index is 12.2. The fourth-order valence-corrected chi connectivity index (χ4v) is 2.90. The summed E-state index contributed by atoms with van der Waals surface area (Å²) >= 11 is 0. The van der Waals surface area contributed by atoms with Gasteiger partial charge in [0, 0.05) is 44.3 Å². The molecule has 3 N–H and O–H groups in total. The van der Waals surface area contributed by atoms with Crippen molar-refractivity contribution in [2.45, 2.75) is 18.2 Å². The van der Waals surface area contributed by atoms with Crippen LogP contribution >= 0.6 is 0 Å². The van der Waals surface area contributed by atoms with Crippen molar-refractivity contribution in [3.8, 4) is 0 Å². The molecule has 2 aromatic rings. The van der Waals surface area contributed by atoms with Crippen molar-refractivity contribution < 1.29 is 8.42 Å². The Morgan fingerprint density at radius 2 is 2.20 bits per heavy atom. The zero-order valence-electron chi connectivity index (χ0n) is 11.1. The first-order chi connectivity index (χ1) is 9.63. The SMILES string of the molecule is CCNc1ccncc1S(=O)(=O)NCCc1ncc[nH]1. The normalized spacial score (nSPS) is 11.4. The van der Waals surface area contributed by atoms with E-state index in [-0.39, 0.29) is 11.4 Å². The van der Waals surface area contributed by atoms with Crippen LogP contribution in [0.5, 0.6) is 0 Å². The number of hydrogen-bond acceptors (Lipinski definition) is 5. The number of aromatic nitrogens is 3. The number of nitrogens with zero attached hydrogens (tertiary/aromatic N) is 2. The molecule has 0 aromatic carbocycles. The average Bonchev–Trinajstić information content (AvgIpc) is 2.92. The van der Waals surface area contributed by atoms with E-state index >= 15 is 0 Å². The second-order valence-corrected chi connectivity index (χ2v) is 5.82. The van der Waals surface area contributed by atoms with Crippen molar-refractivity contribution in [2.75, 3.05) is 18.4 Å². The Hall–Kier alpha value is -1.93. The summed E-state index contributed by atoms with van der Waals surface area (Å²) in [7, 11) is -3.58. The smallest absolute Gasteiger partial charge is 0.244 e. The molecule has 0 radical (unpaired) electrons. The highest BCUT2D eigenvalue weighted by Crippen LogP contribution is 2.18. The third-order valence-electron chi connectivity index (χ3n) is 2.65. The molecule has 2 heterocycles. The van der Waals surface area contributed by atoms with Crippen molar-refractivity contribution in [2.24, 2.45) is 0 Å². The Morgan fingerprint density at radius 1 is 1.35 bits per heavy atom. The number of aromatic amines is 1. The largest absolute Gasteiger partial charge is 0.384 e. The van der Waals surface area contributed by atoms with E-state index in [2.05, 4.69) is 25.0 Å². The van der Waals surface area contributed by atoms with E-state index in [1.54, 1.807) is 24.7 Å². The van der Waals surface area contributed by atoms with E-state index in [1.165, 1.54) is 6.20 Å². The van der Waals surface area contributed by atoms with Gasteiger partial charge in [0.1, 0.15) is 10.7 Å². The molecule has 108 valence electrons. The molecular weight excluding hydrogens is 278 g/mol. The van der Waals surface area contributed by atoms with E-state index < -0.39 is 10.0 Å². The summed E-state index contributed by atoms with van der Waals surface area (Å²) in [5.74, 6) is 0.741. The van der Waals surface area contributed by atoms with Gasteiger partial charge in [-0.25, -0.2) is 18.1 Å². The number of nitrogens with one attached hydrogen (secondary N) is 3. The van der Waals surface area contributed by atoms with Crippen LogP contribution in [0.25, 0.3) is 0 Å². The van der Waals surface area contributed by atoms with Crippen LogP contribution in [0.1, 0.15) is 12.7 Å². The minimum atomic E-state index is -3.58. The van der Waals surface area contributed by atoms with Crippen LogP contribution in [-0.4, -0.2) is 36.5 Å². The Bertz CT molecular complexity index is 640. The van der Waals surface area contributed by atoms with E-state index in [4.69, 9.17) is 0 Å². The summed E-state index contributed by atoms with van der Waals surface area (Å²) < 4.78 is 27.0. The second-order valence-electron chi connectivity index (χ2n) is 4.09. The van der Waals surface area contributed by atoms with Gasteiger partial charge in [0.05, 0.1) is 5.69 Å². The van der Waals surface area contributed by atoms with E-state index in [1.807, 2.05) is 6.92 Å². The van der Waals surface area contributed by atoms with E-state index in [0.29, 0.717) is 18.7 Å². The van der Waals surface area contributed by atoms with Gasteiger partial charge in [-0.05, 0) is 13.0 Å². The van der Waals surface area contributed by atoms with E-state index in [0.717, 1.165) is 5.82 Å². The van der Waals surface area contributed by atoms with Crippen molar-refractivity contribution in [1.29, 1.82) is 0 Å². The summed E-state index contributed by atoms with van der Waals surface area (Å²) in [5.41, 5.74) is 0.549. The summed E-state index contributed by atoms with van der Waals surface area (Å²) in [6.45, 7) is 2.82. The van der Waals surface area contributed by atoms with Crippen LogP contribution in [0, 0.1) is 0 Å². The molecule has 7 nitrogen and oxygen atoms in total. The summed E-state index contributed by atoms with van der Waals surface area (Å²) in [6, 6.07) is 1.64. The molecule has 0 bridgehead atoms. The standard InChI is InChI=1S/C12H17N5O2S/c1-2-14-10-3-5-13-9-11(10)20(18,19)17-6-4-12-15-7-8-16-12/h3,5,7-9,17H,2,4,6H2,1H3,(H,13,14)(H,15,16). The number of sulfonamides is 1. The first kappa shape index (κ1) is 14.5. The molecule has 2 rings (SSSR count). The number of rotatable bonds is 7. The number of hydrogen-bond donors (Lipinski definition) is 3. The highest BCUT2D eigenvalue weighted by Gasteiger charge is 2.18. The lowest BCUT2D eigenvalue weighted by atomic mass is 10.4. The Kier molecular flexibility index (Phi) is 4.70. The minimum Gasteiger partial charge on any atom is -0.384 e. The zero-order valence-corrected chi connectivity index (χ0v) is 11.9. The second kappa shape index (κ2) is 6.49. The lowest BCUT2D eigenvalue weighted by molar-refractivity contribution is 0.581. The molecule has 2 aromatic heterocycles. The number of imidazole rings is 1. The third-order valence-corrected chi connectivity index (χ3v) is 4.14. The quantitative estimate of drug-likeness (QED) is 0.700. The van der Waals surface area contributed by atoms with Gasteiger partial charge < -0.3 is 10.3 Å². The van der Waals surface area contributed by atoms with Gasteiger partial charge in [-0.1, -0.05) is 0 Å². The van der Waals surface area contributed by atoms with Gasteiger partial charge in [0.15, 0.2) is 0 Å². The van der Waals surface area contributed by atoms with E-state index in [9.17, 15) is 8.42 Å². The van der Waals surface area contributed by atoms with Crippen LogP contribution in [-0.2, 0) is 16.4 Å². The monoisotopic (exact) mass is 295 g/mol. The van der Waals surface area contributed by atoms with Gasteiger partial charge in [-0.15, -0.1) is 0 Å². The molecule has 0 saturated carbocycles. The van der Waals surface area contributed by atoms with Crippen LogP contribution in [0.15, 0.2) is 35.7 Å². The molecule has 0 spiro atoms. The van der Waals surface area contributed by atoms with Crippen molar-refractivity contribution in [3.05, 3.63) is 36.7 Å². The molecule has 8 heteroatoms. The van der Waals surface area contributed by atoms with Gasteiger partial charge in [0.2, 0.25) is 10.0 Å². The molecule has 0 saturated heterocycles. The highest BCUT2D eigenvalue weighted by atomic mass is 32.2. The summed E-state index contributed by atoms with van der Waals surface area (Å²) in [4.78, 5) is 11.0. The first-order valence-electron chi connectivity index (χ1n) is 6.29. The Labute approximate surface area is 117 Å². The zero-order chi connectivity index (χ0) is 14.4. The lowest BCUT2D eigenvalue weighted by Gasteiger charge is -2.11. The topological polar surface area (TPSA) is 99.8 Å². The molecule has 0 fully saturated rings. The van der Waals surface area contributed by atoms with Gasteiger partial charge >= 0.3 is 0 Å². The fourth-order valence-electron chi connectivity index (χ4n) is 1.75. The molecular formula is C12H17N5O2S. The molecule has 20 heavy (non-hydrogen) atoms. The van der Waals surface area contributed by atoms with Crippen molar-refractivity contribution in [3.63, 3.8) is 0 Å². The van der Waals surface area contributed by atoms with Gasteiger partial charge in [-0.3, -0.25) is 4.98 Å². The maximum Gasteiger partial charge on any atom is 0.244 e. The lowest BCUT2D eigenvalue weighted by Crippen LogP contribution is -2.27. The van der Waals surface area contributed by atoms with Crippen LogP contribution in [0.3, 0.4) is 0 Å². The fraction of sp³-hybridized carbons (Fsp3) is 0.333. The van der Waals surface area contributed by atoms with Gasteiger partial charge in [-0.2, -0.15) is 0 Å². The Balaban J connectivity index is 2.06. The number of pyridine rings is 1.